The third-order valence-corrected chi connectivity index (χ3v) is 2.09. The van der Waals surface area contributed by atoms with Gasteiger partial charge in [-0.15, -0.1) is 0 Å². The molecule has 0 unspecified atom stereocenters. The number of benzene rings is 1. The molecule has 1 N–H and O–H groups in total. The second-order valence-electron chi connectivity index (χ2n) is 2.90. The van der Waals surface area contributed by atoms with Crippen molar-refractivity contribution in [3.63, 3.8) is 0 Å². The van der Waals surface area contributed by atoms with E-state index in [1.54, 1.807) is 0 Å². The molecule has 62 valence electrons. The van der Waals surface area contributed by atoms with E-state index in [0.29, 0.717) is 0 Å². The fourth-order valence-corrected chi connectivity index (χ4v) is 1.42. The fourth-order valence-electron chi connectivity index (χ4n) is 1.42. The van der Waals surface area contributed by atoms with E-state index >= 15 is 0 Å². The molecule has 0 fully saturated rings. The first kappa shape index (κ1) is 7.35. The molecule has 0 amide bonds. The summed E-state index contributed by atoms with van der Waals surface area (Å²) < 4.78 is 0. The molecule has 1 aliphatic rings. The number of hydrogen-bond donors (Lipinski definition) is 1. The Morgan fingerprint density at radius 1 is 1.42 bits per heavy atom. The molecule has 0 aliphatic carbocycles. The lowest BCUT2D eigenvalue weighted by Gasteiger charge is -2.02. The SMILES string of the molecule is CNc1ccc2c(c1)=CCCN=2. The van der Waals surface area contributed by atoms with Crippen LogP contribution in [0, 0.1) is 0 Å². The molecule has 2 nitrogen and oxygen atoms in total. The number of fused-ring (bicyclic) bond motifs is 1. The lowest BCUT2D eigenvalue weighted by Crippen LogP contribution is -2.27. The van der Waals surface area contributed by atoms with E-state index in [-0.39, 0.29) is 0 Å². The van der Waals surface area contributed by atoms with Gasteiger partial charge in [-0.25, -0.2) is 0 Å². The summed E-state index contributed by atoms with van der Waals surface area (Å²) in [7, 11) is 1.93. The molecule has 0 atom stereocenters. The molecule has 1 aromatic carbocycles. The highest BCUT2D eigenvalue weighted by Gasteiger charge is 1.94. The summed E-state index contributed by atoms with van der Waals surface area (Å²) in [6, 6.07) is 6.26. The minimum absolute atomic E-state index is 0.936. The maximum Gasteiger partial charge on any atom is 0.0645 e. The van der Waals surface area contributed by atoms with Gasteiger partial charge in [0.25, 0.3) is 0 Å². The zero-order chi connectivity index (χ0) is 8.39. The van der Waals surface area contributed by atoms with Crippen molar-refractivity contribution in [2.45, 2.75) is 6.42 Å². The summed E-state index contributed by atoms with van der Waals surface area (Å²) in [6.45, 7) is 0.936. The van der Waals surface area contributed by atoms with E-state index in [2.05, 4.69) is 34.6 Å². The summed E-state index contributed by atoms with van der Waals surface area (Å²) in [4.78, 5) is 4.41. The molecule has 2 heteroatoms. The van der Waals surface area contributed by atoms with Crippen molar-refractivity contribution in [3.05, 3.63) is 28.8 Å². The Hall–Kier alpha value is -1.31. The van der Waals surface area contributed by atoms with Gasteiger partial charge in [-0.05, 0) is 29.8 Å². The van der Waals surface area contributed by atoms with Gasteiger partial charge in [-0.3, -0.25) is 4.99 Å². The predicted molar refractivity (Wildman–Crippen MR) is 50.7 cm³/mol. The molecular weight excluding hydrogens is 148 g/mol. The quantitative estimate of drug-likeness (QED) is 0.637. The summed E-state index contributed by atoms with van der Waals surface area (Å²) in [5.41, 5.74) is 1.15. The third-order valence-electron chi connectivity index (χ3n) is 2.09. The van der Waals surface area contributed by atoms with Crippen molar-refractivity contribution in [2.24, 2.45) is 4.99 Å². The van der Waals surface area contributed by atoms with Gasteiger partial charge in [0, 0.05) is 19.3 Å². The largest absolute Gasteiger partial charge is 0.388 e. The van der Waals surface area contributed by atoms with Gasteiger partial charge in [0.15, 0.2) is 0 Å². The van der Waals surface area contributed by atoms with Gasteiger partial charge >= 0.3 is 0 Å². The molecular formula is C10H12N2. The third kappa shape index (κ3) is 1.20. The molecule has 1 heterocycles. The van der Waals surface area contributed by atoms with Gasteiger partial charge in [0.2, 0.25) is 0 Å². The Morgan fingerprint density at radius 2 is 2.33 bits per heavy atom. The lowest BCUT2D eigenvalue weighted by atomic mass is 10.2. The van der Waals surface area contributed by atoms with Gasteiger partial charge in [0.05, 0.1) is 5.36 Å². The van der Waals surface area contributed by atoms with Crippen LogP contribution >= 0.6 is 0 Å². The smallest absolute Gasteiger partial charge is 0.0645 e. The molecule has 1 aromatic rings. The highest BCUT2D eigenvalue weighted by atomic mass is 14.8. The Kier molecular flexibility index (Phi) is 1.82. The normalized spacial score (nSPS) is 14.1. The number of nitrogens with one attached hydrogen (secondary N) is 1. The fraction of sp³-hybridized carbons (Fsp3) is 0.300. The zero-order valence-corrected chi connectivity index (χ0v) is 7.17. The summed E-state index contributed by atoms with van der Waals surface area (Å²) in [5.74, 6) is 0. The van der Waals surface area contributed by atoms with E-state index in [9.17, 15) is 0 Å². The average molecular weight is 160 g/mol. The van der Waals surface area contributed by atoms with E-state index < -0.39 is 0 Å². The van der Waals surface area contributed by atoms with Crippen molar-refractivity contribution >= 4 is 11.8 Å². The van der Waals surface area contributed by atoms with Gasteiger partial charge in [0.1, 0.15) is 0 Å². The molecule has 0 spiro atoms. The van der Waals surface area contributed by atoms with Crippen LogP contribution < -0.4 is 15.9 Å². The van der Waals surface area contributed by atoms with Crippen LogP contribution in [0.2, 0.25) is 0 Å². The van der Waals surface area contributed by atoms with Gasteiger partial charge in [-0.2, -0.15) is 0 Å². The first-order valence-electron chi connectivity index (χ1n) is 4.22. The van der Waals surface area contributed by atoms with E-state index in [1.807, 2.05) is 7.05 Å². The maximum absolute atomic E-state index is 4.41. The van der Waals surface area contributed by atoms with Crippen LogP contribution in [-0.4, -0.2) is 13.6 Å². The van der Waals surface area contributed by atoms with Crippen molar-refractivity contribution < 1.29 is 0 Å². The molecule has 2 rings (SSSR count). The van der Waals surface area contributed by atoms with Crippen LogP contribution in [0.3, 0.4) is 0 Å². The van der Waals surface area contributed by atoms with Crippen molar-refractivity contribution in [1.82, 2.24) is 0 Å². The van der Waals surface area contributed by atoms with E-state index in [1.165, 1.54) is 5.22 Å². The Bertz CT molecular complexity index is 393. The average Bonchev–Trinajstić information content (AvgIpc) is 2.17. The number of rotatable bonds is 1. The molecule has 0 saturated heterocycles. The summed E-state index contributed by atoms with van der Waals surface area (Å²) in [6.07, 6.45) is 3.31. The van der Waals surface area contributed by atoms with E-state index in [4.69, 9.17) is 0 Å². The van der Waals surface area contributed by atoms with Crippen LogP contribution in [0.4, 0.5) is 5.69 Å². The Balaban J connectivity index is 2.65. The second kappa shape index (κ2) is 2.97. The summed E-state index contributed by atoms with van der Waals surface area (Å²) in [5, 5.41) is 5.50. The molecule has 0 bridgehead atoms. The molecule has 12 heavy (non-hydrogen) atoms. The molecule has 0 radical (unpaired) electrons. The standard InChI is InChI=1S/C10H12N2/c1-11-9-4-5-10-8(7-9)3-2-6-12-10/h3-5,7,11H,2,6H2,1H3. The monoisotopic (exact) mass is 160 g/mol. The minimum atomic E-state index is 0.936. The molecule has 1 aliphatic heterocycles. The van der Waals surface area contributed by atoms with Crippen molar-refractivity contribution in [3.8, 4) is 0 Å². The van der Waals surface area contributed by atoms with Gasteiger partial charge < -0.3 is 5.32 Å². The minimum Gasteiger partial charge on any atom is -0.388 e. The van der Waals surface area contributed by atoms with Crippen LogP contribution in [0.25, 0.3) is 6.08 Å². The highest BCUT2D eigenvalue weighted by Crippen LogP contribution is 1.98. The Labute approximate surface area is 71.6 Å². The van der Waals surface area contributed by atoms with Crippen LogP contribution in [0.15, 0.2) is 23.2 Å². The molecule has 0 saturated carbocycles. The van der Waals surface area contributed by atoms with Crippen LogP contribution in [0.1, 0.15) is 6.42 Å². The second-order valence-corrected chi connectivity index (χ2v) is 2.90. The number of anilines is 1. The lowest BCUT2D eigenvalue weighted by molar-refractivity contribution is 0.960. The highest BCUT2D eigenvalue weighted by molar-refractivity contribution is 5.44. The van der Waals surface area contributed by atoms with Crippen LogP contribution in [0.5, 0.6) is 0 Å². The molecule has 0 aromatic heterocycles. The van der Waals surface area contributed by atoms with E-state index in [0.717, 1.165) is 24.0 Å². The van der Waals surface area contributed by atoms with Crippen LogP contribution in [-0.2, 0) is 0 Å². The first-order valence-corrected chi connectivity index (χ1v) is 4.22. The van der Waals surface area contributed by atoms with Crippen molar-refractivity contribution in [1.29, 1.82) is 0 Å². The summed E-state index contributed by atoms with van der Waals surface area (Å²) >= 11 is 0. The van der Waals surface area contributed by atoms with Gasteiger partial charge in [-0.1, -0.05) is 6.08 Å². The first-order chi connectivity index (χ1) is 5.90. The predicted octanol–water partition coefficient (Wildman–Crippen LogP) is 0.532. The number of nitrogens with zero attached hydrogens (tertiary/aromatic N) is 1. The Morgan fingerprint density at radius 3 is 3.17 bits per heavy atom. The topological polar surface area (TPSA) is 24.4 Å². The number of hydrogen-bond acceptors (Lipinski definition) is 2. The zero-order valence-electron chi connectivity index (χ0n) is 7.17. The van der Waals surface area contributed by atoms with Crippen molar-refractivity contribution in [2.75, 3.05) is 18.9 Å². The maximum atomic E-state index is 4.41.